The van der Waals surface area contributed by atoms with E-state index >= 15 is 0 Å². The van der Waals surface area contributed by atoms with E-state index in [1.165, 1.54) is 0 Å². The van der Waals surface area contributed by atoms with Gasteiger partial charge in [0.15, 0.2) is 0 Å². The monoisotopic (exact) mass is 291 g/mol. The van der Waals surface area contributed by atoms with E-state index in [1.807, 2.05) is 56.5 Å². The molecule has 2 rings (SSSR count). The molecule has 1 heterocycles. The Labute approximate surface area is 124 Å². The van der Waals surface area contributed by atoms with E-state index in [4.69, 9.17) is 4.74 Å². The van der Waals surface area contributed by atoms with Crippen molar-refractivity contribution in [3.05, 3.63) is 52.0 Å². The lowest BCUT2D eigenvalue weighted by Crippen LogP contribution is -2.21. The normalized spacial score (nSPS) is 13.4. The van der Waals surface area contributed by atoms with Crippen LogP contribution in [0.15, 0.2) is 35.7 Å². The molecule has 0 fully saturated rings. The first-order valence-electron chi connectivity index (χ1n) is 6.84. The largest absolute Gasteiger partial charge is 0.388 e. The summed E-state index contributed by atoms with van der Waals surface area (Å²) in [6, 6.07) is 9.68. The summed E-state index contributed by atoms with van der Waals surface area (Å²) in [5, 5.41) is 13.2. The molecule has 1 N–H and O–H groups in total. The molecular weight excluding hydrogens is 270 g/mol. The molecule has 1 unspecified atom stereocenters. The van der Waals surface area contributed by atoms with Crippen molar-refractivity contribution in [2.24, 2.45) is 0 Å². The summed E-state index contributed by atoms with van der Waals surface area (Å²) in [6.45, 7) is 6.68. The number of thiazole rings is 1. The quantitative estimate of drug-likeness (QED) is 0.882. The van der Waals surface area contributed by atoms with E-state index in [9.17, 15) is 5.11 Å². The minimum atomic E-state index is -0.513. The molecule has 0 radical (unpaired) electrons. The van der Waals surface area contributed by atoms with Crippen molar-refractivity contribution in [1.82, 2.24) is 4.98 Å². The van der Waals surface area contributed by atoms with Crippen molar-refractivity contribution in [2.75, 3.05) is 6.61 Å². The number of nitrogens with zero attached hydrogens (tertiary/aromatic N) is 1. The minimum absolute atomic E-state index is 0.366. The van der Waals surface area contributed by atoms with E-state index in [2.05, 4.69) is 4.98 Å². The maximum Gasteiger partial charge on any atom is 0.124 e. The summed E-state index contributed by atoms with van der Waals surface area (Å²) in [4.78, 5) is 4.60. The van der Waals surface area contributed by atoms with Gasteiger partial charge >= 0.3 is 0 Å². The van der Waals surface area contributed by atoms with Gasteiger partial charge in [-0.1, -0.05) is 30.3 Å². The van der Waals surface area contributed by atoms with Crippen LogP contribution in [0.2, 0.25) is 0 Å². The van der Waals surface area contributed by atoms with Gasteiger partial charge in [0.2, 0.25) is 0 Å². The summed E-state index contributed by atoms with van der Waals surface area (Å²) in [6.07, 6.45) is 0.0178. The topological polar surface area (TPSA) is 42.4 Å². The fraction of sp³-hybridized carbons (Fsp3) is 0.438. The van der Waals surface area contributed by atoms with Crippen molar-refractivity contribution in [3.8, 4) is 0 Å². The molecule has 1 aromatic heterocycles. The van der Waals surface area contributed by atoms with E-state index in [1.54, 1.807) is 11.3 Å². The van der Waals surface area contributed by atoms with Crippen molar-refractivity contribution in [3.63, 3.8) is 0 Å². The first-order chi connectivity index (χ1) is 9.53. The van der Waals surface area contributed by atoms with Gasteiger partial charge in [0, 0.05) is 18.4 Å². The number of aromatic nitrogens is 1. The smallest absolute Gasteiger partial charge is 0.124 e. The molecule has 0 aliphatic carbocycles. The maximum atomic E-state index is 10.2. The van der Waals surface area contributed by atoms with E-state index in [-0.39, 0.29) is 5.60 Å². The molecule has 1 atom stereocenters. The van der Waals surface area contributed by atoms with Gasteiger partial charge in [0.25, 0.3) is 0 Å². The summed E-state index contributed by atoms with van der Waals surface area (Å²) in [7, 11) is 0. The number of benzene rings is 1. The molecule has 0 saturated carbocycles. The zero-order chi connectivity index (χ0) is 14.6. The molecule has 2 aromatic rings. The Morgan fingerprint density at radius 3 is 2.65 bits per heavy atom. The van der Waals surface area contributed by atoms with Crippen LogP contribution in [-0.2, 0) is 16.8 Å². The van der Waals surface area contributed by atoms with Crippen LogP contribution < -0.4 is 0 Å². The SMILES string of the molecule is CCOC(C)(C)c1nc(CC(O)c2ccccc2)cs1. The lowest BCUT2D eigenvalue weighted by Gasteiger charge is -2.21. The van der Waals surface area contributed by atoms with E-state index < -0.39 is 6.10 Å². The average Bonchev–Trinajstić information content (AvgIpc) is 2.89. The predicted octanol–water partition coefficient (Wildman–Crippen LogP) is 3.69. The Morgan fingerprint density at radius 1 is 1.30 bits per heavy atom. The summed E-state index contributed by atoms with van der Waals surface area (Å²) in [5.41, 5.74) is 1.47. The fourth-order valence-electron chi connectivity index (χ4n) is 2.09. The highest BCUT2D eigenvalue weighted by atomic mass is 32.1. The Balaban J connectivity index is 2.06. The molecule has 4 heteroatoms. The third-order valence-corrected chi connectivity index (χ3v) is 4.35. The average molecular weight is 291 g/mol. The first-order valence-corrected chi connectivity index (χ1v) is 7.72. The maximum absolute atomic E-state index is 10.2. The summed E-state index contributed by atoms with van der Waals surface area (Å²) >= 11 is 1.59. The molecule has 20 heavy (non-hydrogen) atoms. The van der Waals surface area contributed by atoms with Crippen LogP contribution in [0.4, 0.5) is 0 Å². The van der Waals surface area contributed by atoms with Crippen molar-refractivity contribution >= 4 is 11.3 Å². The van der Waals surface area contributed by atoms with Gasteiger partial charge in [-0.2, -0.15) is 0 Å². The van der Waals surface area contributed by atoms with Crippen molar-refractivity contribution in [1.29, 1.82) is 0 Å². The van der Waals surface area contributed by atoms with Gasteiger partial charge in [0.1, 0.15) is 10.6 Å². The highest BCUT2D eigenvalue weighted by Gasteiger charge is 2.25. The second kappa shape index (κ2) is 6.48. The molecule has 1 aromatic carbocycles. The van der Waals surface area contributed by atoms with Crippen LogP contribution in [0, 0.1) is 0 Å². The van der Waals surface area contributed by atoms with Crippen LogP contribution in [0.1, 0.15) is 43.1 Å². The molecule has 0 saturated heterocycles. The number of aliphatic hydroxyl groups excluding tert-OH is 1. The van der Waals surface area contributed by atoms with Gasteiger partial charge in [0.05, 0.1) is 11.8 Å². The van der Waals surface area contributed by atoms with Crippen LogP contribution in [0.25, 0.3) is 0 Å². The molecule has 0 bridgehead atoms. The van der Waals surface area contributed by atoms with Crippen molar-refractivity contribution < 1.29 is 9.84 Å². The van der Waals surface area contributed by atoms with Gasteiger partial charge in [-0.25, -0.2) is 4.98 Å². The highest BCUT2D eigenvalue weighted by Crippen LogP contribution is 2.29. The number of rotatable bonds is 6. The molecule has 3 nitrogen and oxygen atoms in total. The van der Waals surface area contributed by atoms with Gasteiger partial charge in [-0.15, -0.1) is 11.3 Å². The minimum Gasteiger partial charge on any atom is -0.388 e. The van der Waals surface area contributed by atoms with Gasteiger partial charge in [-0.05, 0) is 26.3 Å². The Kier molecular flexibility index (Phi) is 4.91. The highest BCUT2D eigenvalue weighted by molar-refractivity contribution is 7.09. The second-order valence-corrected chi connectivity index (χ2v) is 6.08. The van der Waals surface area contributed by atoms with E-state index in [0.717, 1.165) is 16.3 Å². The van der Waals surface area contributed by atoms with Gasteiger partial charge in [-0.3, -0.25) is 0 Å². The fourth-order valence-corrected chi connectivity index (χ4v) is 3.00. The third kappa shape index (κ3) is 3.66. The molecule has 108 valence electrons. The van der Waals surface area contributed by atoms with Crippen LogP contribution in [0.3, 0.4) is 0 Å². The summed E-state index contributed by atoms with van der Waals surface area (Å²) < 4.78 is 5.70. The molecule has 0 amide bonds. The Bertz CT molecular complexity index is 536. The standard InChI is InChI=1S/C16H21NO2S/c1-4-19-16(2,3)15-17-13(11-20-15)10-14(18)12-8-6-5-7-9-12/h5-9,11,14,18H,4,10H2,1-3H3. The zero-order valence-electron chi connectivity index (χ0n) is 12.2. The zero-order valence-corrected chi connectivity index (χ0v) is 13.0. The van der Waals surface area contributed by atoms with Crippen LogP contribution >= 0.6 is 11.3 Å². The van der Waals surface area contributed by atoms with E-state index in [0.29, 0.717) is 13.0 Å². The lowest BCUT2D eigenvalue weighted by molar-refractivity contribution is -0.0143. The Hall–Kier alpha value is -1.23. The molecular formula is C16H21NO2S. The second-order valence-electron chi connectivity index (χ2n) is 5.22. The van der Waals surface area contributed by atoms with Crippen LogP contribution in [0.5, 0.6) is 0 Å². The lowest BCUT2D eigenvalue weighted by atomic mass is 10.1. The van der Waals surface area contributed by atoms with Crippen molar-refractivity contribution in [2.45, 2.75) is 38.9 Å². The molecule has 0 aliphatic rings. The Morgan fingerprint density at radius 2 is 2.00 bits per heavy atom. The molecule has 0 aliphatic heterocycles. The third-order valence-electron chi connectivity index (χ3n) is 3.16. The first kappa shape index (κ1) is 15.2. The number of aliphatic hydroxyl groups is 1. The molecule has 0 spiro atoms. The summed E-state index contributed by atoms with van der Waals surface area (Å²) in [5.74, 6) is 0. The number of hydrogen-bond acceptors (Lipinski definition) is 4. The predicted molar refractivity (Wildman–Crippen MR) is 81.9 cm³/mol. The number of hydrogen-bond donors (Lipinski definition) is 1. The van der Waals surface area contributed by atoms with Crippen LogP contribution in [-0.4, -0.2) is 16.7 Å². The van der Waals surface area contributed by atoms with Gasteiger partial charge < -0.3 is 9.84 Å². The number of ether oxygens (including phenoxy) is 1.